The van der Waals surface area contributed by atoms with E-state index in [-0.39, 0.29) is 6.04 Å². The summed E-state index contributed by atoms with van der Waals surface area (Å²) < 4.78 is 5.56. The largest absolute Gasteiger partial charge is 0.334 e. The number of hydrogen-bond donors (Lipinski definition) is 1. The maximum atomic E-state index is 6.22. The van der Waals surface area contributed by atoms with E-state index in [1.807, 2.05) is 6.07 Å². The Morgan fingerprint density at radius 1 is 1.04 bits per heavy atom. The molecule has 27 heavy (non-hydrogen) atoms. The zero-order chi connectivity index (χ0) is 18.2. The summed E-state index contributed by atoms with van der Waals surface area (Å²) in [7, 11) is 0. The highest BCUT2D eigenvalue weighted by Crippen LogP contribution is 2.31. The van der Waals surface area contributed by atoms with E-state index in [1.165, 1.54) is 27.5 Å². The quantitative estimate of drug-likeness (QED) is 0.572. The van der Waals surface area contributed by atoms with Crippen molar-refractivity contribution in [3.05, 3.63) is 83.2 Å². The number of hydrogen-bond acceptors (Lipinski definition) is 4. The fourth-order valence-electron chi connectivity index (χ4n) is 4.04. The molecule has 1 atom stereocenters. The van der Waals surface area contributed by atoms with E-state index >= 15 is 0 Å². The molecular formula is C23H21N3O. The van der Waals surface area contributed by atoms with Gasteiger partial charge in [0, 0.05) is 18.0 Å². The van der Waals surface area contributed by atoms with Crippen LogP contribution in [0.3, 0.4) is 0 Å². The van der Waals surface area contributed by atoms with Gasteiger partial charge in [-0.2, -0.15) is 4.98 Å². The van der Waals surface area contributed by atoms with Gasteiger partial charge in [-0.05, 0) is 58.9 Å². The number of aryl methyl sites for hydroxylation is 1. The number of benzene rings is 3. The van der Waals surface area contributed by atoms with Crippen LogP contribution in [-0.4, -0.2) is 10.1 Å². The lowest BCUT2D eigenvalue weighted by molar-refractivity contribution is 0.424. The van der Waals surface area contributed by atoms with E-state index in [4.69, 9.17) is 10.3 Å². The summed E-state index contributed by atoms with van der Waals surface area (Å²) in [6.45, 7) is 0. The van der Waals surface area contributed by atoms with Gasteiger partial charge in [0.05, 0.1) is 0 Å². The Bertz CT molecular complexity index is 1110. The summed E-state index contributed by atoms with van der Waals surface area (Å²) >= 11 is 0. The normalized spacial score (nSPS) is 16.4. The summed E-state index contributed by atoms with van der Waals surface area (Å²) in [5.74, 6) is 1.28. The molecule has 0 radical (unpaired) electrons. The van der Waals surface area contributed by atoms with Crippen LogP contribution in [0.5, 0.6) is 0 Å². The molecule has 1 unspecified atom stereocenters. The number of aromatic nitrogens is 2. The highest BCUT2D eigenvalue weighted by atomic mass is 16.5. The van der Waals surface area contributed by atoms with Crippen LogP contribution >= 0.6 is 0 Å². The number of rotatable bonds is 3. The van der Waals surface area contributed by atoms with Gasteiger partial charge in [-0.1, -0.05) is 53.7 Å². The summed E-state index contributed by atoms with van der Waals surface area (Å²) in [5, 5.41) is 6.67. The van der Waals surface area contributed by atoms with E-state index in [2.05, 4.69) is 64.7 Å². The first-order valence-corrected chi connectivity index (χ1v) is 9.46. The molecule has 0 aliphatic heterocycles. The topological polar surface area (TPSA) is 64.9 Å². The molecule has 2 N–H and O–H groups in total. The molecule has 4 nitrogen and oxygen atoms in total. The van der Waals surface area contributed by atoms with Gasteiger partial charge in [-0.3, -0.25) is 0 Å². The fraction of sp³-hybridized carbons (Fsp3) is 0.217. The summed E-state index contributed by atoms with van der Waals surface area (Å²) in [5.41, 5.74) is 11.0. The summed E-state index contributed by atoms with van der Waals surface area (Å²) in [6, 6.07) is 21.2. The van der Waals surface area contributed by atoms with Gasteiger partial charge in [0.15, 0.2) is 5.82 Å². The summed E-state index contributed by atoms with van der Waals surface area (Å²) in [4.78, 5) is 4.64. The first-order valence-electron chi connectivity index (χ1n) is 9.46. The van der Waals surface area contributed by atoms with Crippen molar-refractivity contribution in [1.29, 1.82) is 0 Å². The molecule has 0 amide bonds. The van der Waals surface area contributed by atoms with Crippen molar-refractivity contribution >= 4 is 10.8 Å². The third-order valence-electron chi connectivity index (χ3n) is 5.45. The maximum Gasteiger partial charge on any atom is 0.257 e. The van der Waals surface area contributed by atoms with Crippen molar-refractivity contribution in [2.75, 3.05) is 0 Å². The number of fused-ring (bicyclic) bond motifs is 2. The first-order chi connectivity index (χ1) is 13.3. The van der Waals surface area contributed by atoms with Crippen LogP contribution in [0.15, 0.2) is 65.2 Å². The van der Waals surface area contributed by atoms with Crippen LogP contribution in [0.1, 0.15) is 41.4 Å². The monoisotopic (exact) mass is 355 g/mol. The van der Waals surface area contributed by atoms with Gasteiger partial charge in [-0.25, -0.2) is 0 Å². The number of nitrogens with two attached hydrogens (primary N) is 1. The van der Waals surface area contributed by atoms with Gasteiger partial charge in [0.25, 0.3) is 5.89 Å². The lowest BCUT2D eigenvalue weighted by Crippen LogP contribution is -2.17. The molecule has 3 aromatic carbocycles. The Kier molecular flexibility index (Phi) is 3.98. The standard InChI is InChI=1S/C23H21N3O/c24-21-10-4-8-16-13-18(11-12-20(16)21)23-25-22(26-27-23)14-17-7-3-6-15-5-1-2-9-19(15)17/h1-3,5-7,9,11-13,21H,4,8,10,14,24H2. The van der Waals surface area contributed by atoms with Crippen molar-refractivity contribution in [3.8, 4) is 11.5 Å². The lowest BCUT2D eigenvalue weighted by Gasteiger charge is -2.22. The van der Waals surface area contributed by atoms with Crippen LogP contribution in [0.25, 0.3) is 22.2 Å². The smallest absolute Gasteiger partial charge is 0.257 e. The van der Waals surface area contributed by atoms with Crippen LogP contribution in [0.2, 0.25) is 0 Å². The minimum absolute atomic E-state index is 0.146. The maximum absolute atomic E-state index is 6.22. The van der Waals surface area contributed by atoms with Gasteiger partial charge < -0.3 is 10.3 Å². The minimum atomic E-state index is 0.146. The molecule has 4 heteroatoms. The SMILES string of the molecule is NC1CCCc2cc(-c3nc(Cc4cccc5ccccc45)no3)ccc21. The van der Waals surface area contributed by atoms with E-state index in [1.54, 1.807) is 0 Å². The van der Waals surface area contributed by atoms with Crippen molar-refractivity contribution in [2.45, 2.75) is 31.7 Å². The predicted octanol–water partition coefficient (Wildman–Crippen LogP) is 4.82. The van der Waals surface area contributed by atoms with E-state index in [0.717, 1.165) is 24.8 Å². The zero-order valence-electron chi connectivity index (χ0n) is 15.1. The minimum Gasteiger partial charge on any atom is -0.334 e. The second kappa shape index (κ2) is 6.63. The molecule has 0 saturated heterocycles. The second-order valence-electron chi connectivity index (χ2n) is 7.24. The average Bonchev–Trinajstić information content (AvgIpc) is 3.17. The molecule has 0 saturated carbocycles. The van der Waals surface area contributed by atoms with E-state index in [0.29, 0.717) is 18.1 Å². The fourth-order valence-corrected chi connectivity index (χ4v) is 4.04. The van der Waals surface area contributed by atoms with Crippen LogP contribution in [-0.2, 0) is 12.8 Å². The van der Waals surface area contributed by atoms with E-state index in [9.17, 15) is 0 Å². The van der Waals surface area contributed by atoms with Gasteiger partial charge in [-0.15, -0.1) is 0 Å². The lowest BCUT2D eigenvalue weighted by atomic mass is 9.87. The van der Waals surface area contributed by atoms with Gasteiger partial charge in [0.1, 0.15) is 0 Å². The third kappa shape index (κ3) is 3.02. The highest BCUT2D eigenvalue weighted by Gasteiger charge is 2.18. The van der Waals surface area contributed by atoms with Crippen molar-refractivity contribution in [2.24, 2.45) is 5.73 Å². The Morgan fingerprint density at radius 3 is 2.89 bits per heavy atom. The highest BCUT2D eigenvalue weighted by molar-refractivity contribution is 5.85. The van der Waals surface area contributed by atoms with Crippen LogP contribution < -0.4 is 5.73 Å². The van der Waals surface area contributed by atoms with E-state index < -0.39 is 0 Å². The molecule has 1 aliphatic carbocycles. The molecule has 0 fully saturated rings. The van der Waals surface area contributed by atoms with Crippen LogP contribution in [0, 0.1) is 0 Å². The molecular weight excluding hydrogens is 334 g/mol. The Hall–Kier alpha value is -2.98. The van der Waals surface area contributed by atoms with Crippen molar-refractivity contribution in [3.63, 3.8) is 0 Å². The molecule has 1 heterocycles. The molecule has 4 aromatic rings. The second-order valence-corrected chi connectivity index (χ2v) is 7.24. The Labute approximate surface area is 158 Å². The Balaban J connectivity index is 1.45. The molecule has 5 rings (SSSR count). The van der Waals surface area contributed by atoms with Gasteiger partial charge in [0.2, 0.25) is 0 Å². The molecule has 1 aromatic heterocycles. The average molecular weight is 355 g/mol. The summed E-state index contributed by atoms with van der Waals surface area (Å²) in [6.07, 6.45) is 3.91. The Morgan fingerprint density at radius 2 is 1.93 bits per heavy atom. The number of nitrogens with zero attached hydrogens (tertiary/aromatic N) is 2. The third-order valence-corrected chi connectivity index (χ3v) is 5.45. The molecule has 134 valence electrons. The first kappa shape index (κ1) is 16.2. The molecule has 0 spiro atoms. The molecule has 1 aliphatic rings. The van der Waals surface area contributed by atoms with Gasteiger partial charge >= 0.3 is 0 Å². The predicted molar refractivity (Wildman–Crippen MR) is 106 cm³/mol. The van der Waals surface area contributed by atoms with Crippen molar-refractivity contribution < 1.29 is 4.52 Å². The van der Waals surface area contributed by atoms with Crippen molar-refractivity contribution in [1.82, 2.24) is 10.1 Å². The zero-order valence-corrected chi connectivity index (χ0v) is 15.1. The molecule has 0 bridgehead atoms. The van der Waals surface area contributed by atoms with Crippen LogP contribution in [0.4, 0.5) is 0 Å².